The van der Waals surface area contributed by atoms with Crippen LogP contribution in [0.15, 0.2) is 27.4 Å². The zero-order valence-corrected chi connectivity index (χ0v) is 12.7. The van der Waals surface area contributed by atoms with E-state index in [-0.39, 0.29) is 5.56 Å². The van der Waals surface area contributed by atoms with Crippen molar-refractivity contribution in [3.63, 3.8) is 0 Å². The molecule has 0 amide bonds. The molecule has 0 aliphatic carbocycles. The SMILES string of the molecule is COc1ccc2c(N3CCN(C)CC3)c(C=O)c(=O)oc2c1. The average Bonchev–Trinajstić information content (AvgIpc) is 2.54. The summed E-state index contributed by atoms with van der Waals surface area (Å²) in [4.78, 5) is 27.8. The van der Waals surface area contributed by atoms with Gasteiger partial charge in [0.25, 0.3) is 0 Å². The van der Waals surface area contributed by atoms with Gasteiger partial charge in [0.05, 0.1) is 12.8 Å². The van der Waals surface area contributed by atoms with Crippen molar-refractivity contribution in [2.75, 3.05) is 45.2 Å². The minimum Gasteiger partial charge on any atom is -0.497 e. The minimum absolute atomic E-state index is 0.0854. The molecule has 6 heteroatoms. The number of aldehydes is 1. The summed E-state index contributed by atoms with van der Waals surface area (Å²) in [5, 5.41) is 0.757. The second kappa shape index (κ2) is 5.81. The van der Waals surface area contributed by atoms with Gasteiger partial charge in [0.15, 0.2) is 6.29 Å². The summed E-state index contributed by atoms with van der Waals surface area (Å²) in [5.74, 6) is 0.610. The zero-order valence-electron chi connectivity index (χ0n) is 12.7. The van der Waals surface area contributed by atoms with Crippen molar-refractivity contribution < 1.29 is 13.9 Å². The Kier molecular flexibility index (Phi) is 3.85. The molecule has 0 radical (unpaired) electrons. The van der Waals surface area contributed by atoms with E-state index in [4.69, 9.17) is 9.15 Å². The van der Waals surface area contributed by atoms with Crippen molar-refractivity contribution >= 4 is 22.9 Å². The molecule has 1 aliphatic rings. The Balaban J connectivity index is 2.20. The Morgan fingerprint density at radius 3 is 2.59 bits per heavy atom. The number of nitrogens with zero attached hydrogens (tertiary/aromatic N) is 2. The lowest BCUT2D eigenvalue weighted by Crippen LogP contribution is -2.45. The number of hydrogen-bond donors (Lipinski definition) is 0. The molecule has 0 N–H and O–H groups in total. The Bertz CT molecular complexity index is 761. The standard InChI is InChI=1S/C16H18N2O4/c1-17-5-7-18(8-6-17)15-12-4-3-11(21-2)9-14(12)22-16(20)13(15)10-19/h3-4,9-10H,5-8H2,1-2H3. The van der Waals surface area contributed by atoms with E-state index in [1.165, 1.54) is 0 Å². The second-order valence-electron chi connectivity index (χ2n) is 5.42. The lowest BCUT2D eigenvalue weighted by Gasteiger charge is -2.34. The first-order valence-electron chi connectivity index (χ1n) is 7.17. The van der Waals surface area contributed by atoms with E-state index in [0.29, 0.717) is 23.3 Å². The lowest BCUT2D eigenvalue weighted by atomic mass is 10.1. The quantitative estimate of drug-likeness (QED) is 0.630. The third-order valence-electron chi connectivity index (χ3n) is 4.06. The number of hydrogen-bond acceptors (Lipinski definition) is 6. The highest BCUT2D eigenvalue weighted by molar-refractivity contribution is 5.99. The van der Waals surface area contributed by atoms with Gasteiger partial charge in [0.1, 0.15) is 16.9 Å². The maximum Gasteiger partial charge on any atom is 0.349 e. The molecule has 3 rings (SSSR count). The van der Waals surface area contributed by atoms with E-state index in [1.54, 1.807) is 19.2 Å². The largest absolute Gasteiger partial charge is 0.497 e. The molecule has 2 heterocycles. The van der Waals surface area contributed by atoms with Crippen LogP contribution in [0.4, 0.5) is 5.69 Å². The maximum absolute atomic E-state index is 12.1. The third-order valence-corrected chi connectivity index (χ3v) is 4.06. The second-order valence-corrected chi connectivity index (χ2v) is 5.42. The molecular formula is C16H18N2O4. The number of fused-ring (bicyclic) bond motifs is 1. The van der Waals surface area contributed by atoms with E-state index in [0.717, 1.165) is 31.6 Å². The molecule has 0 saturated carbocycles. The van der Waals surface area contributed by atoms with Crippen LogP contribution in [0.25, 0.3) is 11.0 Å². The summed E-state index contributed by atoms with van der Waals surface area (Å²) in [6.45, 7) is 3.30. The van der Waals surface area contributed by atoms with Gasteiger partial charge in [0, 0.05) is 37.6 Å². The van der Waals surface area contributed by atoms with Crippen LogP contribution in [0.3, 0.4) is 0 Å². The molecule has 22 heavy (non-hydrogen) atoms. The number of benzene rings is 1. The smallest absolute Gasteiger partial charge is 0.349 e. The van der Waals surface area contributed by atoms with Gasteiger partial charge in [-0.1, -0.05) is 0 Å². The summed E-state index contributed by atoms with van der Waals surface area (Å²) in [5.41, 5.74) is 0.577. The summed E-state index contributed by atoms with van der Waals surface area (Å²) in [6.07, 6.45) is 0.586. The fourth-order valence-corrected chi connectivity index (χ4v) is 2.78. The van der Waals surface area contributed by atoms with Crippen LogP contribution in [0.5, 0.6) is 5.75 Å². The van der Waals surface area contributed by atoms with Crippen LogP contribution in [-0.4, -0.2) is 51.5 Å². The van der Waals surface area contributed by atoms with Gasteiger partial charge in [0.2, 0.25) is 0 Å². The van der Waals surface area contributed by atoms with Crippen LogP contribution in [0, 0.1) is 0 Å². The molecule has 0 bridgehead atoms. The number of carbonyl (C=O) groups excluding carboxylic acids is 1. The average molecular weight is 302 g/mol. The first-order chi connectivity index (χ1) is 10.6. The Labute approximate surface area is 127 Å². The van der Waals surface area contributed by atoms with Crippen molar-refractivity contribution in [3.8, 4) is 5.75 Å². The molecule has 0 spiro atoms. The first kappa shape index (κ1) is 14.6. The number of rotatable bonds is 3. The summed E-state index contributed by atoms with van der Waals surface area (Å²) >= 11 is 0. The highest BCUT2D eigenvalue weighted by atomic mass is 16.5. The molecule has 1 saturated heterocycles. The fraction of sp³-hybridized carbons (Fsp3) is 0.375. The van der Waals surface area contributed by atoms with Crippen molar-refractivity contribution in [2.45, 2.75) is 0 Å². The van der Waals surface area contributed by atoms with E-state index in [1.807, 2.05) is 6.07 Å². The van der Waals surface area contributed by atoms with Gasteiger partial charge in [-0.3, -0.25) is 4.79 Å². The molecule has 0 unspecified atom stereocenters. The minimum atomic E-state index is -0.607. The number of anilines is 1. The van der Waals surface area contributed by atoms with Crippen molar-refractivity contribution in [1.29, 1.82) is 0 Å². The number of ether oxygens (including phenoxy) is 1. The highest BCUT2D eigenvalue weighted by Crippen LogP contribution is 2.31. The molecule has 1 aliphatic heterocycles. The number of methoxy groups -OCH3 is 1. The van der Waals surface area contributed by atoms with E-state index in [9.17, 15) is 9.59 Å². The molecule has 116 valence electrons. The van der Waals surface area contributed by atoms with E-state index in [2.05, 4.69) is 16.8 Å². The molecule has 2 aromatic rings. The third kappa shape index (κ3) is 2.46. The number of piperazine rings is 1. The highest BCUT2D eigenvalue weighted by Gasteiger charge is 2.22. The summed E-state index contributed by atoms with van der Waals surface area (Å²) < 4.78 is 10.4. The van der Waals surface area contributed by atoms with Crippen LogP contribution in [0.2, 0.25) is 0 Å². The Morgan fingerprint density at radius 2 is 1.95 bits per heavy atom. The Morgan fingerprint density at radius 1 is 1.23 bits per heavy atom. The van der Waals surface area contributed by atoms with Crippen molar-refractivity contribution in [3.05, 3.63) is 34.2 Å². The van der Waals surface area contributed by atoms with Crippen molar-refractivity contribution in [1.82, 2.24) is 4.90 Å². The fourth-order valence-electron chi connectivity index (χ4n) is 2.78. The maximum atomic E-state index is 12.1. The van der Waals surface area contributed by atoms with Gasteiger partial charge in [-0.05, 0) is 19.2 Å². The molecule has 1 fully saturated rings. The van der Waals surface area contributed by atoms with Gasteiger partial charge in [-0.15, -0.1) is 0 Å². The molecular weight excluding hydrogens is 284 g/mol. The van der Waals surface area contributed by atoms with Crippen LogP contribution in [0.1, 0.15) is 10.4 Å². The van der Waals surface area contributed by atoms with Gasteiger partial charge < -0.3 is 19.0 Å². The summed E-state index contributed by atoms with van der Waals surface area (Å²) in [7, 11) is 3.61. The first-order valence-corrected chi connectivity index (χ1v) is 7.17. The van der Waals surface area contributed by atoms with E-state index < -0.39 is 5.63 Å². The molecule has 6 nitrogen and oxygen atoms in total. The van der Waals surface area contributed by atoms with Crippen molar-refractivity contribution in [2.24, 2.45) is 0 Å². The van der Waals surface area contributed by atoms with Gasteiger partial charge in [-0.25, -0.2) is 4.79 Å². The van der Waals surface area contributed by atoms with Gasteiger partial charge >= 0.3 is 5.63 Å². The molecule has 0 atom stereocenters. The monoisotopic (exact) mass is 302 g/mol. The van der Waals surface area contributed by atoms with Crippen LogP contribution in [-0.2, 0) is 0 Å². The predicted molar refractivity (Wildman–Crippen MR) is 84.1 cm³/mol. The number of carbonyl (C=O) groups is 1. The van der Waals surface area contributed by atoms with E-state index >= 15 is 0 Å². The zero-order chi connectivity index (χ0) is 15.7. The topological polar surface area (TPSA) is 63.0 Å². The summed E-state index contributed by atoms with van der Waals surface area (Å²) in [6, 6.07) is 5.30. The lowest BCUT2D eigenvalue weighted by molar-refractivity contribution is 0.112. The van der Waals surface area contributed by atoms with Crippen LogP contribution >= 0.6 is 0 Å². The molecule has 1 aromatic heterocycles. The predicted octanol–water partition coefficient (Wildman–Crippen LogP) is 1.37. The molecule has 1 aromatic carbocycles. The number of likely N-dealkylation sites (N-methyl/N-ethyl adjacent to an activating group) is 1. The normalized spacial score (nSPS) is 16.0. The van der Waals surface area contributed by atoms with Gasteiger partial charge in [-0.2, -0.15) is 0 Å². The van der Waals surface area contributed by atoms with Crippen LogP contribution < -0.4 is 15.3 Å². The Hall–Kier alpha value is -2.34.